The smallest absolute Gasteiger partial charge is 0.259 e. The third-order valence-corrected chi connectivity index (χ3v) is 3.13. The van der Waals surface area contributed by atoms with Gasteiger partial charge in [-0.3, -0.25) is 4.79 Å². The van der Waals surface area contributed by atoms with Crippen molar-refractivity contribution < 1.29 is 9.21 Å². The molecule has 0 spiro atoms. The van der Waals surface area contributed by atoms with Crippen molar-refractivity contribution >= 4 is 11.6 Å². The standard InChI is InChI=1S/C16H19NO2/c1-3-4-5-13-6-8-14(9-7-13)17-16(18)15-10-11-19-12(15)2/h6-11H,3-5H2,1-2H3,(H,17,18). The van der Waals surface area contributed by atoms with E-state index in [9.17, 15) is 4.79 Å². The van der Waals surface area contributed by atoms with Crippen LogP contribution in [-0.4, -0.2) is 5.91 Å². The van der Waals surface area contributed by atoms with Gasteiger partial charge >= 0.3 is 0 Å². The Hall–Kier alpha value is -2.03. The lowest BCUT2D eigenvalue weighted by atomic mass is 10.1. The second kappa shape index (κ2) is 6.23. The molecule has 0 saturated heterocycles. The van der Waals surface area contributed by atoms with Crippen LogP contribution < -0.4 is 5.32 Å². The van der Waals surface area contributed by atoms with Crippen molar-refractivity contribution in [3.8, 4) is 0 Å². The Kier molecular flexibility index (Phi) is 4.39. The van der Waals surface area contributed by atoms with E-state index in [-0.39, 0.29) is 5.91 Å². The zero-order valence-electron chi connectivity index (χ0n) is 11.4. The van der Waals surface area contributed by atoms with Crippen molar-refractivity contribution in [1.29, 1.82) is 0 Å². The first-order chi connectivity index (χ1) is 9.20. The molecule has 0 atom stereocenters. The molecule has 1 amide bonds. The third-order valence-electron chi connectivity index (χ3n) is 3.13. The number of amides is 1. The van der Waals surface area contributed by atoms with Crippen LogP contribution in [0, 0.1) is 6.92 Å². The SMILES string of the molecule is CCCCc1ccc(NC(=O)c2ccoc2C)cc1. The van der Waals surface area contributed by atoms with Crippen LogP contribution >= 0.6 is 0 Å². The molecule has 1 N–H and O–H groups in total. The molecule has 100 valence electrons. The molecular weight excluding hydrogens is 238 g/mol. The van der Waals surface area contributed by atoms with Crippen LogP contribution in [0.2, 0.25) is 0 Å². The molecule has 0 fully saturated rings. The number of nitrogens with one attached hydrogen (secondary N) is 1. The van der Waals surface area contributed by atoms with Crippen molar-refractivity contribution in [1.82, 2.24) is 0 Å². The van der Waals surface area contributed by atoms with Crippen LogP contribution in [0.15, 0.2) is 41.0 Å². The minimum atomic E-state index is -0.132. The number of benzene rings is 1. The van der Waals surface area contributed by atoms with E-state index in [1.165, 1.54) is 24.7 Å². The highest BCUT2D eigenvalue weighted by atomic mass is 16.3. The molecule has 3 nitrogen and oxygen atoms in total. The first kappa shape index (κ1) is 13.4. The minimum absolute atomic E-state index is 0.132. The molecule has 2 rings (SSSR count). The molecule has 0 bridgehead atoms. The molecule has 2 aromatic rings. The van der Waals surface area contributed by atoms with Crippen LogP contribution in [0.25, 0.3) is 0 Å². The molecule has 1 aromatic carbocycles. The van der Waals surface area contributed by atoms with Crippen LogP contribution in [0.3, 0.4) is 0 Å². The van der Waals surface area contributed by atoms with Crippen LogP contribution in [0.5, 0.6) is 0 Å². The van der Waals surface area contributed by atoms with Crippen molar-refractivity contribution in [2.75, 3.05) is 5.32 Å². The van der Waals surface area contributed by atoms with Crippen LogP contribution in [-0.2, 0) is 6.42 Å². The number of anilines is 1. The summed E-state index contributed by atoms with van der Waals surface area (Å²) in [6.07, 6.45) is 5.00. The fourth-order valence-corrected chi connectivity index (χ4v) is 1.95. The molecule has 0 aliphatic rings. The van der Waals surface area contributed by atoms with Gasteiger partial charge in [0.05, 0.1) is 11.8 Å². The van der Waals surface area contributed by atoms with E-state index in [0.717, 1.165) is 12.1 Å². The van der Waals surface area contributed by atoms with Gasteiger partial charge in [0, 0.05) is 5.69 Å². The fraction of sp³-hybridized carbons (Fsp3) is 0.312. The maximum atomic E-state index is 12.0. The number of hydrogen-bond acceptors (Lipinski definition) is 2. The van der Waals surface area contributed by atoms with Crippen molar-refractivity contribution in [3.05, 3.63) is 53.5 Å². The first-order valence-electron chi connectivity index (χ1n) is 6.65. The number of rotatable bonds is 5. The maximum absolute atomic E-state index is 12.0. The molecule has 0 aliphatic heterocycles. The highest BCUT2D eigenvalue weighted by Crippen LogP contribution is 2.15. The Labute approximate surface area is 113 Å². The summed E-state index contributed by atoms with van der Waals surface area (Å²) in [5.74, 6) is 0.504. The van der Waals surface area contributed by atoms with Gasteiger partial charge in [0.15, 0.2) is 0 Å². The molecular formula is C16H19NO2. The summed E-state index contributed by atoms with van der Waals surface area (Å²) >= 11 is 0. The predicted molar refractivity (Wildman–Crippen MR) is 76.5 cm³/mol. The highest BCUT2D eigenvalue weighted by Gasteiger charge is 2.11. The average Bonchev–Trinajstić information content (AvgIpc) is 2.84. The molecule has 3 heteroatoms. The summed E-state index contributed by atoms with van der Waals surface area (Å²) < 4.78 is 5.13. The van der Waals surface area contributed by atoms with Gasteiger partial charge in [-0.1, -0.05) is 25.5 Å². The Bertz CT molecular complexity index is 540. The second-order valence-corrected chi connectivity index (χ2v) is 4.65. The predicted octanol–water partition coefficient (Wildman–Crippen LogP) is 4.18. The lowest BCUT2D eigenvalue weighted by Gasteiger charge is -2.06. The van der Waals surface area contributed by atoms with Crippen molar-refractivity contribution in [2.45, 2.75) is 33.1 Å². The molecule has 0 radical (unpaired) electrons. The summed E-state index contributed by atoms with van der Waals surface area (Å²) in [6.45, 7) is 3.96. The third kappa shape index (κ3) is 3.47. The summed E-state index contributed by atoms with van der Waals surface area (Å²) in [6, 6.07) is 9.69. The minimum Gasteiger partial charge on any atom is -0.469 e. The van der Waals surface area contributed by atoms with Gasteiger partial charge in [-0.2, -0.15) is 0 Å². The Morgan fingerprint density at radius 1 is 1.21 bits per heavy atom. The maximum Gasteiger partial charge on any atom is 0.259 e. The average molecular weight is 257 g/mol. The van der Waals surface area contributed by atoms with Crippen molar-refractivity contribution in [3.63, 3.8) is 0 Å². The van der Waals surface area contributed by atoms with E-state index in [2.05, 4.69) is 24.4 Å². The topological polar surface area (TPSA) is 42.2 Å². The van der Waals surface area contributed by atoms with Gasteiger partial charge in [0.1, 0.15) is 5.76 Å². The Morgan fingerprint density at radius 2 is 1.95 bits per heavy atom. The summed E-state index contributed by atoms with van der Waals surface area (Å²) in [5, 5.41) is 2.87. The van der Waals surface area contributed by atoms with E-state index in [1.54, 1.807) is 13.0 Å². The second-order valence-electron chi connectivity index (χ2n) is 4.65. The van der Waals surface area contributed by atoms with Gasteiger partial charge in [0.2, 0.25) is 0 Å². The normalized spacial score (nSPS) is 10.4. The number of furan rings is 1. The van der Waals surface area contributed by atoms with Crippen molar-refractivity contribution in [2.24, 2.45) is 0 Å². The zero-order chi connectivity index (χ0) is 13.7. The number of carbonyl (C=O) groups is 1. The molecule has 1 heterocycles. The monoisotopic (exact) mass is 257 g/mol. The van der Waals surface area contributed by atoms with Gasteiger partial charge in [0.25, 0.3) is 5.91 Å². The van der Waals surface area contributed by atoms with E-state index in [0.29, 0.717) is 11.3 Å². The van der Waals surface area contributed by atoms with E-state index >= 15 is 0 Å². The Balaban J connectivity index is 2.00. The number of aryl methyl sites for hydroxylation is 2. The quantitative estimate of drug-likeness (QED) is 0.873. The number of unbranched alkanes of at least 4 members (excludes halogenated alkanes) is 1. The lowest BCUT2D eigenvalue weighted by Crippen LogP contribution is -2.11. The molecule has 0 unspecified atom stereocenters. The zero-order valence-corrected chi connectivity index (χ0v) is 11.4. The number of carbonyl (C=O) groups excluding carboxylic acids is 1. The summed E-state index contributed by atoms with van der Waals surface area (Å²) in [5.41, 5.74) is 2.69. The van der Waals surface area contributed by atoms with E-state index in [1.807, 2.05) is 12.1 Å². The van der Waals surface area contributed by atoms with Crippen LogP contribution in [0.4, 0.5) is 5.69 Å². The van der Waals surface area contributed by atoms with E-state index < -0.39 is 0 Å². The fourth-order valence-electron chi connectivity index (χ4n) is 1.95. The largest absolute Gasteiger partial charge is 0.469 e. The summed E-state index contributed by atoms with van der Waals surface area (Å²) in [7, 11) is 0. The Morgan fingerprint density at radius 3 is 2.53 bits per heavy atom. The first-order valence-corrected chi connectivity index (χ1v) is 6.65. The van der Waals surface area contributed by atoms with Gasteiger partial charge in [-0.05, 0) is 43.5 Å². The van der Waals surface area contributed by atoms with Gasteiger partial charge in [-0.25, -0.2) is 0 Å². The molecule has 0 saturated carbocycles. The van der Waals surface area contributed by atoms with Crippen LogP contribution in [0.1, 0.15) is 41.4 Å². The lowest BCUT2D eigenvalue weighted by molar-refractivity contribution is 0.102. The summed E-state index contributed by atoms with van der Waals surface area (Å²) in [4.78, 5) is 12.0. The molecule has 19 heavy (non-hydrogen) atoms. The highest BCUT2D eigenvalue weighted by molar-refractivity contribution is 6.04. The number of hydrogen-bond donors (Lipinski definition) is 1. The molecule has 1 aromatic heterocycles. The van der Waals surface area contributed by atoms with Gasteiger partial charge in [-0.15, -0.1) is 0 Å². The van der Waals surface area contributed by atoms with E-state index in [4.69, 9.17) is 4.42 Å². The van der Waals surface area contributed by atoms with Gasteiger partial charge < -0.3 is 9.73 Å². The molecule has 0 aliphatic carbocycles.